The zero-order chi connectivity index (χ0) is 15.4. The Kier molecular flexibility index (Phi) is 5.34. The second-order valence-corrected chi connectivity index (χ2v) is 6.41. The molecule has 116 valence electrons. The number of hydrogen-bond acceptors (Lipinski definition) is 2. The number of carbonyl (C=O) groups is 1. The van der Waals surface area contributed by atoms with Gasteiger partial charge in [0, 0.05) is 12.6 Å². The second kappa shape index (κ2) is 7.03. The minimum absolute atomic E-state index is 0.0399. The maximum absolute atomic E-state index is 13.7. The van der Waals surface area contributed by atoms with Crippen molar-refractivity contribution in [3.63, 3.8) is 0 Å². The topological polar surface area (TPSA) is 41.1 Å². The summed E-state index contributed by atoms with van der Waals surface area (Å²) in [5, 5.41) is 6.25. The van der Waals surface area contributed by atoms with Gasteiger partial charge in [-0.15, -0.1) is 0 Å². The van der Waals surface area contributed by atoms with Crippen molar-refractivity contribution in [1.29, 1.82) is 0 Å². The fraction of sp³-hybridized carbons (Fsp3) is 0.588. The lowest BCUT2D eigenvalue weighted by Crippen LogP contribution is -2.51. The first-order chi connectivity index (χ1) is 9.97. The van der Waals surface area contributed by atoms with E-state index < -0.39 is 0 Å². The van der Waals surface area contributed by atoms with Crippen LogP contribution in [-0.2, 0) is 4.79 Å². The highest BCUT2D eigenvalue weighted by Crippen LogP contribution is 2.38. The third-order valence-electron chi connectivity index (χ3n) is 4.05. The lowest BCUT2D eigenvalue weighted by Gasteiger charge is -2.38. The molecule has 1 aliphatic carbocycles. The zero-order valence-corrected chi connectivity index (χ0v) is 13.0. The largest absolute Gasteiger partial charge is 0.354 e. The van der Waals surface area contributed by atoms with Gasteiger partial charge in [0.1, 0.15) is 5.82 Å². The van der Waals surface area contributed by atoms with Crippen LogP contribution in [0.15, 0.2) is 24.3 Å². The van der Waals surface area contributed by atoms with Crippen molar-refractivity contribution in [2.24, 2.45) is 5.92 Å². The Balaban J connectivity index is 1.75. The van der Waals surface area contributed by atoms with Gasteiger partial charge in [-0.2, -0.15) is 0 Å². The third kappa shape index (κ3) is 4.27. The molecule has 1 aromatic rings. The molecular weight excluding hydrogens is 267 g/mol. The highest BCUT2D eigenvalue weighted by atomic mass is 19.1. The highest BCUT2D eigenvalue weighted by molar-refractivity contribution is 5.81. The van der Waals surface area contributed by atoms with Crippen molar-refractivity contribution < 1.29 is 9.18 Å². The first-order valence-electron chi connectivity index (χ1n) is 7.75. The molecule has 1 unspecified atom stereocenters. The number of benzene rings is 1. The van der Waals surface area contributed by atoms with Crippen LogP contribution in [0.5, 0.6) is 0 Å². The molecule has 0 aliphatic heterocycles. The second-order valence-electron chi connectivity index (χ2n) is 6.41. The molecule has 1 aromatic carbocycles. The molecule has 4 heteroatoms. The maximum Gasteiger partial charge on any atom is 0.236 e. The predicted octanol–water partition coefficient (Wildman–Crippen LogP) is 2.82. The van der Waals surface area contributed by atoms with Crippen LogP contribution in [0.2, 0.25) is 0 Å². The van der Waals surface area contributed by atoms with Crippen LogP contribution in [0.3, 0.4) is 0 Å². The van der Waals surface area contributed by atoms with Crippen LogP contribution < -0.4 is 10.6 Å². The zero-order valence-electron chi connectivity index (χ0n) is 13.0. The van der Waals surface area contributed by atoms with Crippen molar-refractivity contribution in [3.05, 3.63) is 35.6 Å². The fourth-order valence-corrected chi connectivity index (χ4v) is 2.70. The molecule has 0 radical (unpaired) electrons. The summed E-state index contributed by atoms with van der Waals surface area (Å²) in [6.45, 7) is 6.73. The first-order valence-corrected chi connectivity index (χ1v) is 7.75. The summed E-state index contributed by atoms with van der Waals surface area (Å²) in [5.41, 5.74) is 0.799. The lowest BCUT2D eigenvalue weighted by atomic mass is 9.75. The molecule has 2 N–H and O–H groups in total. The predicted molar refractivity (Wildman–Crippen MR) is 82.6 cm³/mol. The summed E-state index contributed by atoms with van der Waals surface area (Å²) in [6.07, 6.45) is 1.78. The van der Waals surface area contributed by atoms with Gasteiger partial charge in [0.2, 0.25) is 5.91 Å². The van der Waals surface area contributed by atoms with Gasteiger partial charge in [-0.25, -0.2) is 4.39 Å². The van der Waals surface area contributed by atoms with E-state index in [4.69, 9.17) is 0 Å². The van der Waals surface area contributed by atoms with Gasteiger partial charge in [0.25, 0.3) is 0 Å². The Morgan fingerprint density at radius 3 is 2.57 bits per heavy atom. The van der Waals surface area contributed by atoms with E-state index in [0.717, 1.165) is 18.4 Å². The van der Waals surface area contributed by atoms with E-state index in [1.165, 1.54) is 6.07 Å². The Morgan fingerprint density at radius 2 is 1.95 bits per heavy atom. The van der Waals surface area contributed by atoms with Gasteiger partial charge in [-0.3, -0.25) is 4.79 Å². The van der Waals surface area contributed by atoms with E-state index in [1.54, 1.807) is 6.07 Å². The molecule has 1 atom stereocenters. The van der Waals surface area contributed by atoms with Crippen LogP contribution in [0.1, 0.15) is 45.1 Å². The molecule has 0 aromatic heterocycles. The van der Waals surface area contributed by atoms with E-state index in [0.29, 0.717) is 18.5 Å². The van der Waals surface area contributed by atoms with Crippen molar-refractivity contribution in [3.8, 4) is 0 Å². The summed E-state index contributed by atoms with van der Waals surface area (Å²) < 4.78 is 13.7. The smallest absolute Gasteiger partial charge is 0.236 e. The Bertz CT molecular complexity index is 483. The van der Waals surface area contributed by atoms with Gasteiger partial charge in [0.15, 0.2) is 0 Å². The molecule has 1 saturated carbocycles. The molecule has 1 amide bonds. The SMILES string of the molecule is CC(C)CNC(=O)C(C)NC1CC(c2ccccc2F)C1. The Morgan fingerprint density at radius 1 is 1.29 bits per heavy atom. The molecule has 0 bridgehead atoms. The molecule has 2 rings (SSSR count). The van der Waals surface area contributed by atoms with Crippen molar-refractivity contribution >= 4 is 5.91 Å². The van der Waals surface area contributed by atoms with E-state index >= 15 is 0 Å². The van der Waals surface area contributed by atoms with Gasteiger partial charge >= 0.3 is 0 Å². The van der Waals surface area contributed by atoms with Gasteiger partial charge < -0.3 is 10.6 Å². The number of amides is 1. The fourth-order valence-electron chi connectivity index (χ4n) is 2.70. The Labute approximate surface area is 126 Å². The average Bonchev–Trinajstić information content (AvgIpc) is 2.40. The van der Waals surface area contributed by atoms with Crippen LogP contribution in [0, 0.1) is 11.7 Å². The van der Waals surface area contributed by atoms with Crippen LogP contribution in [-0.4, -0.2) is 24.5 Å². The van der Waals surface area contributed by atoms with Crippen LogP contribution in [0.25, 0.3) is 0 Å². The average molecular weight is 292 g/mol. The summed E-state index contributed by atoms with van der Waals surface area (Å²) in [4.78, 5) is 11.9. The molecule has 1 fully saturated rings. The summed E-state index contributed by atoms with van der Waals surface area (Å²) in [7, 11) is 0. The van der Waals surface area contributed by atoms with E-state index in [2.05, 4.69) is 24.5 Å². The lowest BCUT2D eigenvalue weighted by molar-refractivity contribution is -0.123. The van der Waals surface area contributed by atoms with Gasteiger partial charge in [0.05, 0.1) is 6.04 Å². The van der Waals surface area contributed by atoms with E-state index in [-0.39, 0.29) is 23.7 Å². The maximum atomic E-state index is 13.7. The van der Waals surface area contributed by atoms with Gasteiger partial charge in [-0.1, -0.05) is 32.0 Å². The van der Waals surface area contributed by atoms with E-state index in [1.807, 2.05) is 19.1 Å². The molecule has 1 aliphatic rings. The van der Waals surface area contributed by atoms with Crippen molar-refractivity contribution in [2.75, 3.05) is 6.54 Å². The molecule has 0 heterocycles. The van der Waals surface area contributed by atoms with Crippen LogP contribution in [0.4, 0.5) is 4.39 Å². The molecule has 21 heavy (non-hydrogen) atoms. The number of rotatable bonds is 6. The molecule has 0 saturated heterocycles. The number of halogens is 1. The molecule has 3 nitrogen and oxygen atoms in total. The first kappa shape index (κ1) is 16.0. The summed E-state index contributed by atoms with van der Waals surface area (Å²) >= 11 is 0. The van der Waals surface area contributed by atoms with Crippen molar-refractivity contribution in [2.45, 2.75) is 51.6 Å². The number of carbonyl (C=O) groups excluding carboxylic acids is 1. The molecule has 0 spiro atoms. The van der Waals surface area contributed by atoms with Crippen LogP contribution >= 0.6 is 0 Å². The standard InChI is InChI=1S/C17H25FN2O/c1-11(2)10-19-17(21)12(3)20-14-8-13(9-14)15-6-4-5-7-16(15)18/h4-7,11-14,20H,8-10H2,1-3H3,(H,19,21). The van der Waals surface area contributed by atoms with E-state index in [9.17, 15) is 9.18 Å². The summed E-state index contributed by atoms with van der Waals surface area (Å²) in [5.74, 6) is 0.645. The number of hydrogen-bond donors (Lipinski definition) is 2. The Hall–Kier alpha value is -1.42. The third-order valence-corrected chi connectivity index (χ3v) is 4.05. The number of nitrogens with one attached hydrogen (secondary N) is 2. The van der Waals surface area contributed by atoms with Gasteiger partial charge in [-0.05, 0) is 43.2 Å². The van der Waals surface area contributed by atoms with Crippen molar-refractivity contribution in [1.82, 2.24) is 10.6 Å². The highest BCUT2D eigenvalue weighted by Gasteiger charge is 2.33. The quantitative estimate of drug-likeness (QED) is 0.846. The summed E-state index contributed by atoms with van der Waals surface area (Å²) in [6, 6.07) is 7.06. The normalized spacial score (nSPS) is 22.7. The minimum atomic E-state index is -0.199. The minimum Gasteiger partial charge on any atom is -0.354 e. The molecular formula is C17H25FN2O. The monoisotopic (exact) mass is 292 g/mol.